The second-order valence-corrected chi connectivity index (χ2v) is 3.59. The molecule has 0 aliphatic rings. The third-order valence-electron chi connectivity index (χ3n) is 2.47. The Morgan fingerprint density at radius 1 is 1.39 bits per heavy atom. The van der Waals surface area contributed by atoms with Gasteiger partial charge in [0, 0.05) is 12.8 Å². The molecule has 0 aromatic carbocycles. The van der Waals surface area contributed by atoms with Crippen molar-refractivity contribution in [1.82, 2.24) is 9.55 Å². The number of aliphatic hydroxyl groups is 1. The molecule has 102 valence electrons. The highest BCUT2D eigenvalue weighted by Gasteiger charge is 2.14. The van der Waals surface area contributed by atoms with Gasteiger partial charge in [0.2, 0.25) is 5.88 Å². The van der Waals surface area contributed by atoms with Crippen molar-refractivity contribution in [2.24, 2.45) is 0 Å². The minimum Gasteiger partial charge on any atom is -0.481 e. The van der Waals surface area contributed by atoms with Gasteiger partial charge in [-0.3, -0.25) is 4.57 Å². The Kier molecular flexibility index (Phi) is 5.76. The molecule has 0 aliphatic heterocycles. The van der Waals surface area contributed by atoms with E-state index in [0.29, 0.717) is 17.9 Å². The Morgan fingerprint density at radius 2 is 2.11 bits per heavy atom. The SMILES string of the molecule is COCc1c(OC)nc(=O)n(COCCO)c1C. The molecule has 0 atom stereocenters. The molecule has 0 fully saturated rings. The number of ether oxygens (including phenoxy) is 3. The van der Waals surface area contributed by atoms with Crippen molar-refractivity contribution in [1.29, 1.82) is 0 Å². The van der Waals surface area contributed by atoms with Gasteiger partial charge in [0.25, 0.3) is 0 Å². The molecule has 0 radical (unpaired) electrons. The number of aromatic nitrogens is 2. The number of aliphatic hydroxyl groups excluding tert-OH is 1. The monoisotopic (exact) mass is 258 g/mol. The molecule has 0 saturated heterocycles. The summed E-state index contributed by atoms with van der Waals surface area (Å²) in [5.74, 6) is 0.262. The van der Waals surface area contributed by atoms with E-state index >= 15 is 0 Å². The molecule has 0 aliphatic carbocycles. The lowest BCUT2D eigenvalue weighted by Crippen LogP contribution is -2.28. The number of rotatable bonds is 7. The van der Waals surface area contributed by atoms with Crippen LogP contribution in [0.5, 0.6) is 5.88 Å². The van der Waals surface area contributed by atoms with Crippen molar-refractivity contribution in [3.05, 3.63) is 21.7 Å². The van der Waals surface area contributed by atoms with Crippen molar-refractivity contribution >= 4 is 0 Å². The third kappa shape index (κ3) is 3.28. The van der Waals surface area contributed by atoms with Crippen LogP contribution in [0.15, 0.2) is 4.79 Å². The standard InChI is InChI=1S/C11H18N2O5/c1-8-9(6-16-2)10(17-3)12-11(15)13(8)7-18-5-4-14/h14H,4-7H2,1-3H3. The molecule has 1 aromatic heterocycles. The summed E-state index contributed by atoms with van der Waals surface area (Å²) in [7, 11) is 3.00. The van der Waals surface area contributed by atoms with Gasteiger partial charge in [0.1, 0.15) is 6.73 Å². The fourth-order valence-corrected chi connectivity index (χ4v) is 1.53. The maximum atomic E-state index is 11.8. The van der Waals surface area contributed by atoms with Gasteiger partial charge in [-0.05, 0) is 6.92 Å². The van der Waals surface area contributed by atoms with E-state index in [2.05, 4.69) is 4.98 Å². The molecule has 0 unspecified atom stereocenters. The average molecular weight is 258 g/mol. The number of hydrogen-bond donors (Lipinski definition) is 1. The van der Waals surface area contributed by atoms with Crippen LogP contribution in [0.2, 0.25) is 0 Å². The van der Waals surface area contributed by atoms with Crippen LogP contribution >= 0.6 is 0 Å². The van der Waals surface area contributed by atoms with Crippen molar-refractivity contribution in [3.63, 3.8) is 0 Å². The Hall–Kier alpha value is -1.44. The average Bonchev–Trinajstić information content (AvgIpc) is 2.36. The Morgan fingerprint density at radius 3 is 2.67 bits per heavy atom. The summed E-state index contributed by atoms with van der Waals surface area (Å²) in [5, 5.41) is 8.64. The molecule has 7 nitrogen and oxygen atoms in total. The first kappa shape index (κ1) is 14.6. The van der Waals surface area contributed by atoms with E-state index in [1.807, 2.05) is 0 Å². The lowest BCUT2D eigenvalue weighted by molar-refractivity contribution is 0.0439. The fourth-order valence-electron chi connectivity index (χ4n) is 1.53. The minimum absolute atomic E-state index is 0.0406. The first-order valence-corrected chi connectivity index (χ1v) is 5.47. The van der Waals surface area contributed by atoms with E-state index in [1.54, 1.807) is 14.0 Å². The molecular formula is C11H18N2O5. The lowest BCUT2D eigenvalue weighted by Gasteiger charge is -2.15. The summed E-state index contributed by atoms with van der Waals surface area (Å²) in [6.07, 6.45) is 0. The highest BCUT2D eigenvalue weighted by molar-refractivity contribution is 5.29. The molecule has 1 N–H and O–H groups in total. The summed E-state index contributed by atoms with van der Waals surface area (Å²) in [5.41, 5.74) is 0.918. The van der Waals surface area contributed by atoms with E-state index in [0.717, 1.165) is 0 Å². The predicted molar refractivity (Wildman–Crippen MR) is 63.5 cm³/mol. The highest BCUT2D eigenvalue weighted by Crippen LogP contribution is 2.17. The van der Waals surface area contributed by atoms with Crippen LogP contribution in [0, 0.1) is 6.92 Å². The zero-order valence-electron chi connectivity index (χ0n) is 10.8. The molecule has 0 spiro atoms. The van der Waals surface area contributed by atoms with Gasteiger partial charge >= 0.3 is 5.69 Å². The topological polar surface area (TPSA) is 82.8 Å². The zero-order valence-corrected chi connectivity index (χ0v) is 10.8. The molecule has 7 heteroatoms. The van der Waals surface area contributed by atoms with Gasteiger partial charge in [0.15, 0.2) is 0 Å². The van der Waals surface area contributed by atoms with Crippen molar-refractivity contribution in [3.8, 4) is 5.88 Å². The largest absolute Gasteiger partial charge is 0.481 e. The Labute approximate surface area is 105 Å². The highest BCUT2D eigenvalue weighted by atomic mass is 16.5. The Balaban J connectivity index is 3.10. The summed E-state index contributed by atoms with van der Waals surface area (Å²) in [4.78, 5) is 15.6. The second-order valence-electron chi connectivity index (χ2n) is 3.59. The van der Waals surface area contributed by atoms with Crippen molar-refractivity contribution in [2.45, 2.75) is 20.3 Å². The van der Waals surface area contributed by atoms with E-state index in [1.165, 1.54) is 11.7 Å². The quantitative estimate of drug-likeness (QED) is 0.674. The van der Waals surface area contributed by atoms with E-state index < -0.39 is 5.69 Å². The normalized spacial score (nSPS) is 10.7. The zero-order chi connectivity index (χ0) is 13.5. The van der Waals surface area contributed by atoms with Crippen molar-refractivity contribution < 1.29 is 19.3 Å². The number of hydrogen-bond acceptors (Lipinski definition) is 6. The summed E-state index contributed by atoms with van der Waals surface area (Å²) >= 11 is 0. The maximum absolute atomic E-state index is 11.8. The van der Waals surface area contributed by atoms with Crippen LogP contribution in [-0.2, 0) is 22.8 Å². The lowest BCUT2D eigenvalue weighted by atomic mass is 10.2. The molecule has 1 heterocycles. The summed E-state index contributed by atoms with van der Waals surface area (Å²) in [6.45, 7) is 2.17. The van der Waals surface area contributed by atoms with Crippen LogP contribution < -0.4 is 10.4 Å². The molecular weight excluding hydrogens is 240 g/mol. The second kappa shape index (κ2) is 7.10. The van der Waals surface area contributed by atoms with Gasteiger partial charge in [-0.2, -0.15) is 4.98 Å². The third-order valence-corrected chi connectivity index (χ3v) is 2.47. The minimum atomic E-state index is -0.456. The van der Waals surface area contributed by atoms with Crippen LogP contribution in [0.25, 0.3) is 0 Å². The molecule has 1 rings (SSSR count). The van der Waals surface area contributed by atoms with E-state index in [4.69, 9.17) is 19.3 Å². The summed E-state index contributed by atoms with van der Waals surface area (Å²) in [6, 6.07) is 0. The van der Waals surface area contributed by atoms with E-state index in [9.17, 15) is 4.79 Å². The first-order valence-electron chi connectivity index (χ1n) is 5.47. The molecule has 0 saturated carbocycles. The smallest absolute Gasteiger partial charge is 0.352 e. The molecule has 18 heavy (non-hydrogen) atoms. The van der Waals surface area contributed by atoms with Gasteiger partial charge in [0.05, 0.1) is 32.5 Å². The van der Waals surface area contributed by atoms with Gasteiger partial charge in [-0.25, -0.2) is 4.79 Å². The van der Waals surface area contributed by atoms with Gasteiger partial charge < -0.3 is 19.3 Å². The van der Waals surface area contributed by atoms with Crippen LogP contribution in [-0.4, -0.2) is 42.1 Å². The van der Waals surface area contributed by atoms with Crippen LogP contribution in [0.1, 0.15) is 11.3 Å². The van der Waals surface area contributed by atoms with Gasteiger partial charge in [-0.1, -0.05) is 0 Å². The Bertz CT molecular complexity index is 444. The van der Waals surface area contributed by atoms with E-state index in [-0.39, 0.29) is 25.8 Å². The number of methoxy groups -OCH3 is 2. The number of nitrogens with zero attached hydrogens (tertiary/aromatic N) is 2. The van der Waals surface area contributed by atoms with Crippen LogP contribution in [0.4, 0.5) is 0 Å². The molecule has 1 aromatic rings. The predicted octanol–water partition coefficient (Wildman–Crippen LogP) is -0.327. The van der Waals surface area contributed by atoms with Crippen LogP contribution in [0.3, 0.4) is 0 Å². The van der Waals surface area contributed by atoms with Gasteiger partial charge in [-0.15, -0.1) is 0 Å². The van der Waals surface area contributed by atoms with Crippen molar-refractivity contribution in [2.75, 3.05) is 27.4 Å². The summed E-state index contributed by atoms with van der Waals surface area (Å²) < 4.78 is 16.6. The maximum Gasteiger partial charge on any atom is 0.352 e. The fraction of sp³-hybridized carbons (Fsp3) is 0.636. The molecule has 0 amide bonds. The first-order chi connectivity index (χ1) is 8.65. The molecule has 0 bridgehead atoms.